The number of alkyl halides is 3. The lowest BCUT2D eigenvalue weighted by molar-refractivity contribution is -0.137. The number of fused-ring (bicyclic) bond motifs is 1. The largest absolute Gasteiger partial charge is 0.416 e. The van der Waals surface area contributed by atoms with Crippen LogP contribution in [0, 0.1) is 0 Å². The van der Waals surface area contributed by atoms with Crippen molar-refractivity contribution in [3.8, 4) is 0 Å². The summed E-state index contributed by atoms with van der Waals surface area (Å²) in [7, 11) is 0. The molecule has 0 spiro atoms. The molecule has 0 radical (unpaired) electrons. The van der Waals surface area contributed by atoms with Crippen molar-refractivity contribution in [2.24, 2.45) is 5.16 Å². The Hall–Kier alpha value is -2.84. The van der Waals surface area contributed by atoms with Gasteiger partial charge in [0, 0.05) is 17.8 Å². The van der Waals surface area contributed by atoms with Gasteiger partial charge >= 0.3 is 6.18 Å². The summed E-state index contributed by atoms with van der Waals surface area (Å²) >= 11 is 0. The van der Waals surface area contributed by atoms with Crippen LogP contribution in [0.3, 0.4) is 0 Å². The zero-order chi connectivity index (χ0) is 17.5. The number of rotatable bonds is 2. The molecule has 24 heavy (non-hydrogen) atoms. The normalized spacial score (nSPS) is 18.2. The van der Waals surface area contributed by atoms with E-state index in [1.54, 1.807) is 0 Å². The van der Waals surface area contributed by atoms with Gasteiger partial charge in [-0.2, -0.15) is 18.3 Å². The molecule has 0 fully saturated rings. The van der Waals surface area contributed by atoms with E-state index in [0.717, 1.165) is 18.3 Å². The van der Waals surface area contributed by atoms with Crippen molar-refractivity contribution >= 4 is 17.8 Å². The van der Waals surface area contributed by atoms with Gasteiger partial charge in [0.05, 0.1) is 24.0 Å². The van der Waals surface area contributed by atoms with Crippen LogP contribution in [0.15, 0.2) is 35.6 Å². The van der Waals surface area contributed by atoms with Crippen LogP contribution in [-0.4, -0.2) is 33.7 Å². The SMILES string of the molecule is CC1CN(c2ccc(C(F)(F)F)cc2)C(=O)c2c(/C=N/O)cnn21. The minimum absolute atomic E-state index is 0.180. The lowest BCUT2D eigenvalue weighted by Gasteiger charge is -2.32. The third kappa shape index (κ3) is 2.61. The smallest absolute Gasteiger partial charge is 0.411 e. The highest BCUT2D eigenvalue weighted by atomic mass is 19.4. The van der Waals surface area contributed by atoms with Crippen LogP contribution in [-0.2, 0) is 6.18 Å². The molecule has 1 aliphatic rings. The molecule has 0 aliphatic carbocycles. The van der Waals surface area contributed by atoms with Crippen LogP contribution in [0.25, 0.3) is 0 Å². The van der Waals surface area contributed by atoms with Crippen molar-refractivity contribution in [1.29, 1.82) is 0 Å². The third-order valence-electron chi connectivity index (χ3n) is 3.84. The number of benzene rings is 1. The van der Waals surface area contributed by atoms with Crippen LogP contribution in [0.4, 0.5) is 18.9 Å². The van der Waals surface area contributed by atoms with Crippen LogP contribution < -0.4 is 4.90 Å². The van der Waals surface area contributed by atoms with Gasteiger partial charge in [-0.05, 0) is 31.2 Å². The molecular weight excluding hydrogens is 325 g/mol. The number of nitrogens with zero attached hydrogens (tertiary/aromatic N) is 4. The molecule has 6 nitrogen and oxygen atoms in total. The Morgan fingerprint density at radius 2 is 2.00 bits per heavy atom. The Kier molecular flexibility index (Phi) is 3.78. The second kappa shape index (κ2) is 5.66. The van der Waals surface area contributed by atoms with Gasteiger partial charge in [-0.3, -0.25) is 9.48 Å². The minimum Gasteiger partial charge on any atom is -0.411 e. The van der Waals surface area contributed by atoms with Gasteiger partial charge in [-0.15, -0.1) is 0 Å². The van der Waals surface area contributed by atoms with Crippen LogP contribution >= 0.6 is 0 Å². The summed E-state index contributed by atoms with van der Waals surface area (Å²) in [6, 6.07) is 4.23. The Balaban J connectivity index is 1.98. The van der Waals surface area contributed by atoms with Gasteiger partial charge in [-0.1, -0.05) is 5.16 Å². The molecule has 1 aromatic carbocycles. The van der Waals surface area contributed by atoms with E-state index in [0.29, 0.717) is 11.3 Å². The maximum atomic E-state index is 12.7. The summed E-state index contributed by atoms with van der Waals surface area (Å²) < 4.78 is 39.5. The Morgan fingerprint density at radius 1 is 1.33 bits per heavy atom. The number of aromatic nitrogens is 2. The molecule has 126 valence electrons. The van der Waals surface area contributed by atoms with E-state index in [1.165, 1.54) is 27.9 Å². The number of anilines is 1. The van der Waals surface area contributed by atoms with Crippen LogP contribution in [0.2, 0.25) is 0 Å². The van der Waals surface area contributed by atoms with Crippen molar-refractivity contribution in [1.82, 2.24) is 9.78 Å². The van der Waals surface area contributed by atoms with Gasteiger partial charge in [0.2, 0.25) is 0 Å². The van der Waals surface area contributed by atoms with Crippen molar-refractivity contribution in [2.45, 2.75) is 19.1 Å². The summed E-state index contributed by atoms with van der Waals surface area (Å²) in [6.07, 6.45) is -1.93. The van der Waals surface area contributed by atoms with E-state index >= 15 is 0 Å². The summed E-state index contributed by atoms with van der Waals surface area (Å²) in [5.74, 6) is -0.416. The number of halogens is 3. The first-order valence-electron chi connectivity index (χ1n) is 7.07. The number of hydrogen-bond donors (Lipinski definition) is 1. The van der Waals surface area contributed by atoms with E-state index in [-0.39, 0.29) is 18.3 Å². The molecule has 0 saturated heterocycles. The molecule has 2 heterocycles. The van der Waals surface area contributed by atoms with E-state index < -0.39 is 17.6 Å². The molecule has 1 unspecified atom stereocenters. The van der Waals surface area contributed by atoms with E-state index in [9.17, 15) is 18.0 Å². The summed E-state index contributed by atoms with van der Waals surface area (Å²) in [6.45, 7) is 2.11. The predicted octanol–water partition coefficient (Wildman–Crippen LogP) is 2.93. The number of oxime groups is 1. The minimum atomic E-state index is -4.43. The molecular formula is C15H13F3N4O2. The molecule has 9 heteroatoms. The average Bonchev–Trinajstić information content (AvgIpc) is 2.95. The van der Waals surface area contributed by atoms with E-state index in [2.05, 4.69) is 10.3 Å². The first-order valence-corrected chi connectivity index (χ1v) is 7.07. The molecule has 0 bridgehead atoms. The van der Waals surface area contributed by atoms with Gasteiger partial charge in [0.15, 0.2) is 0 Å². The lowest BCUT2D eigenvalue weighted by atomic mass is 10.1. The molecule has 2 aromatic rings. The summed E-state index contributed by atoms with van der Waals surface area (Å²) in [5, 5.41) is 15.7. The average molecular weight is 338 g/mol. The highest BCUT2D eigenvalue weighted by Crippen LogP contribution is 2.32. The third-order valence-corrected chi connectivity index (χ3v) is 3.84. The first-order chi connectivity index (χ1) is 11.3. The van der Waals surface area contributed by atoms with Crippen molar-refractivity contribution in [3.05, 3.63) is 47.3 Å². The fourth-order valence-electron chi connectivity index (χ4n) is 2.69. The van der Waals surface area contributed by atoms with Gasteiger partial charge in [0.1, 0.15) is 5.69 Å². The Bertz CT molecular complexity index is 796. The maximum absolute atomic E-state index is 12.7. The topological polar surface area (TPSA) is 70.7 Å². The second-order valence-corrected chi connectivity index (χ2v) is 5.45. The quantitative estimate of drug-likeness (QED) is 0.520. The fraction of sp³-hybridized carbons (Fsp3) is 0.267. The summed E-state index contributed by atoms with van der Waals surface area (Å²) in [5.41, 5.74) is 0.151. The highest BCUT2D eigenvalue weighted by Gasteiger charge is 2.34. The maximum Gasteiger partial charge on any atom is 0.416 e. The van der Waals surface area contributed by atoms with Gasteiger partial charge in [-0.25, -0.2) is 0 Å². The van der Waals surface area contributed by atoms with Crippen LogP contribution in [0.1, 0.15) is 34.6 Å². The molecule has 3 rings (SSSR count). The molecule has 1 atom stereocenters. The summed E-state index contributed by atoms with van der Waals surface area (Å²) in [4.78, 5) is 14.1. The molecule has 0 saturated carbocycles. The molecule has 1 aromatic heterocycles. The second-order valence-electron chi connectivity index (χ2n) is 5.45. The molecule has 1 amide bonds. The Labute approximate surface area is 134 Å². The predicted molar refractivity (Wildman–Crippen MR) is 79.4 cm³/mol. The number of carbonyl (C=O) groups excluding carboxylic acids is 1. The van der Waals surface area contributed by atoms with Crippen molar-refractivity contribution in [3.63, 3.8) is 0 Å². The number of amides is 1. The Morgan fingerprint density at radius 3 is 2.58 bits per heavy atom. The van der Waals surface area contributed by atoms with Gasteiger partial charge < -0.3 is 10.1 Å². The monoisotopic (exact) mass is 338 g/mol. The lowest BCUT2D eigenvalue weighted by Crippen LogP contribution is -2.43. The fourth-order valence-corrected chi connectivity index (χ4v) is 2.69. The number of hydrogen-bond acceptors (Lipinski definition) is 4. The first kappa shape index (κ1) is 16.0. The zero-order valence-electron chi connectivity index (χ0n) is 12.5. The van der Waals surface area contributed by atoms with Gasteiger partial charge in [0.25, 0.3) is 5.91 Å². The number of carbonyl (C=O) groups is 1. The molecule has 1 aliphatic heterocycles. The highest BCUT2D eigenvalue weighted by molar-refractivity contribution is 6.10. The van der Waals surface area contributed by atoms with Crippen molar-refractivity contribution < 1.29 is 23.2 Å². The van der Waals surface area contributed by atoms with Crippen molar-refractivity contribution in [2.75, 3.05) is 11.4 Å². The molecule has 1 N–H and O–H groups in total. The van der Waals surface area contributed by atoms with Crippen LogP contribution in [0.5, 0.6) is 0 Å². The van der Waals surface area contributed by atoms with E-state index in [1.807, 2.05) is 6.92 Å². The van der Waals surface area contributed by atoms with E-state index in [4.69, 9.17) is 5.21 Å². The standard InChI is InChI=1S/C15H13F3N4O2/c1-9-8-21(12-4-2-11(3-5-12)15(16,17)18)14(23)13-10(7-20-24)6-19-22(9)13/h2-7,9,24H,8H2,1H3/b20-7+. The zero-order valence-corrected chi connectivity index (χ0v) is 12.5.